The van der Waals surface area contributed by atoms with E-state index in [0.29, 0.717) is 44.4 Å². The number of amides is 1. The van der Waals surface area contributed by atoms with E-state index >= 15 is 0 Å². The summed E-state index contributed by atoms with van der Waals surface area (Å²) in [5.41, 5.74) is 1.70. The van der Waals surface area contributed by atoms with Crippen LogP contribution in [-0.2, 0) is 6.54 Å². The van der Waals surface area contributed by atoms with Crippen molar-refractivity contribution in [3.63, 3.8) is 0 Å². The number of benzene rings is 2. The van der Waals surface area contributed by atoms with E-state index in [9.17, 15) is 4.79 Å². The van der Waals surface area contributed by atoms with Crippen molar-refractivity contribution in [3.8, 4) is 23.1 Å². The number of halogens is 2. The van der Waals surface area contributed by atoms with Crippen molar-refractivity contribution in [2.24, 2.45) is 0 Å². The van der Waals surface area contributed by atoms with Gasteiger partial charge in [0.1, 0.15) is 0 Å². The third-order valence-electron chi connectivity index (χ3n) is 4.72. The molecule has 0 radical (unpaired) electrons. The third-order valence-corrected chi connectivity index (χ3v) is 5.46. The normalized spacial score (nSPS) is 10.4. The van der Waals surface area contributed by atoms with Gasteiger partial charge in [-0.15, -0.1) is 0 Å². The van der Waals surface area contributed by atoms with Gasteiger partial charge < -0.3 is 23.8 Å². The number of rotatable bonds is 8. The van der Waals surface area contributed by atoms with Gasteiger partial charge in [-0.2, -0.15) is 0 Å². The lowest BCUT2D eigenvalue weighted by atomic mass is 10.1. The smallest absolute Gasteiger partial charge is 0.258 e. The first kappa shape index (κ1) is 23.5. The largest absolute Gasteiger partial charge is 0.493 e. The number of ether oxygens (including phenoxy) is 4. The molecule has 0 saturated heterocycles. The Morgan fingerprint density at radius 2 is 1.56 bits per heavy atom. The predicted molar refractivity (Wildman–Crippen MR) is 124 cm³/mol. The van der Waals surface area contributed by atoms with Crippen LogP contribution >= 0.6 is 23.2 Å². The Morgan fingerprint density at radius 1 is 0.875 bits per heavy atom. The van der Waals surface area contributed by atoms with Crippen molar-refractivity contribution in [3.05, 3.63) is 69.8 Å². The summed E-state index contributed by atoms with van der Waals surface area (Å²) in [6.07, 6.45) is 1.56. The summed E-state index contributed by atoms with van der Waals surface area (Å²) in [4.78, 5) is 19.4. The van der Waals surface area contributed by atoms with Crippen molar-refractivity contribution in [1.82, 2.24) is 4.98 Å². The van der Waals surface area contributed by atoms with E-state index in [-0.39, 0.29) is 12.5 Å². The fraction of sp³-hybridized carbons (Fsp3) is 0.217. The van der Waals surface area contributed by atoms with Crippen LogP contribution in [-0.4, -0.2) is 39.3 Å². The summed E-state index contributed by atoms with van der Waals surface area (Å²) in [5.74, 6) is 1.27. The van der Waals surface area contributed by atoms with Gasteiger partial charge in [0.15, 0.2) is 11.5 Å². The Labute approximate surface area is 196 Å². The summed E-state index contributed by atoms with van der Waals surface area (Å²) < 4.78 is 21.3. The van der Waals surface area contributed by atoms with Crippen LogP contribution in [0.5, 0.6) is 23.1 Å². The highest BCUT2D eigenvalue weighted by molar-refractivity contribution is 6.42. The number of aromatic nitrogens is 1. The molecule has 0 aliphatic carbocycles. The Kier molecular flexibility index (Phi) is 7.66. The van der Waals surface area contributed by atoms with E-state index in [1.807, 2.05) is 0 Å². The van der Waals surface area contributed by atoms with Crippen LogP contribution in [0.15, 0.2) is 48.7 Å². The summed E-state index contributed by atoms with van der Waals surface area (Å²) in [7, 11) is 6.01. The second kappa shape index (κ2) is 10.4. The Balaban J connectivity index is 2.07. The first-order chi connectivity index (χ1) is 15.4. The highest BCUT2D eigenvalue weighted by Gasteiger charge is 2.23. The van der Waals surface area contributed by atoms with Crippen LogP contribution in [0, 0.1) is 0 Å². The van der Waals surface area contributed by atoms with Gasteiger partial charge in [0.2, 0.25) is 11.6 Å². The van der Waals surface area contributed by atoms with Crippen molar-refractivity contribution in [2.45, 2.75) is 6.54 Å². The summed E-state index contributed by atoms with van der Waals surface area (Å²) >= 11 is 12.2. The molecule has 0 saturated carbocycles. The lowest BCUT2D eigenvalue weighted by Gasteiger charge is -2.24. The lowest BCUT2D eigenvalue weighted by Crippen LogP contribution is -2.30. The van der Waals surface area contributed by atoms with Crippen molar-refractivity contribution < 1.29 is 23.7 Å². The number of carbonyl (C=O) groups is 1. The van der Waals surface area contributed by atoms with Gasteiger partial charge in [-0.1, -0.05) is 29.3 Å². The summed E-state index contributed by atoms with van der Waals surface area (Å²) in [6.45, 7) is 0.223. The molecule has 0 fully saturated rings. The van der Waals surface area contributed by atoms with E-state index in [2.05, 4.69) is 4.98 Å². The number of nitrogens with zero attached hydrogens (tertiary/aromatic N) is 2. The van der Waals surface area contributed by atoms with Gasteiger partial charge in [0.05, 0.1) is 56.9 Å². The van der Waals surface area contributed by atoms with Gasteiger partial charge in [-0.25, -0.2) is 4.98 Å². The molecule has 0 aliphatic heterocycles. The molecule has 0 bridgehead atoms. The fourth-order valence-corrected chi connectivity index (χ4v) is 3.43. The highest BCUT2D eigenvalue weighted by atomic mass is 35.5. The molecule has 0 unspecified atom stereocenters. The van der Waals surface area contributed by atoms with Gasteiger partial charge in [-0.05, 0) is 35.9 Å². The molecule has 0 atom stereocenters. The molecular weight excluding hydrogens is 455 g/mol. The van der Waals surface area contributed by atoms with Crippen molar-refractivity contribution >= 4 is 34.8 Å². The average Bonchev–Trinajstić information content (AvgIpc) is 2.83. The molecule has 3 rings (SSSR count). The molecule has 1 aromatic heterocycles. The molecule has 0 aliphatic rings. The molecule has 2 aromatic carbocycles. The number of carbonyl (C=O) groups excluding carboxylic acids is 1. The quantitative estimate of drug-likeness (QED) is 0.440. The third kappa shape index (κ3) is 5.00. The molecule has 9 heteroatoms. The van der Waals surface area contributed by atoms with E-state index in [0.717, 1.165) is 5.56 Å². The number of pyridine rings is 1. The maximum absolute atomic E-state index is 13.6. The SMILES string of the molecule is COc1ccc(N(Cc2ccc(Cl)c(Cl)c2)C(=O)c2cc(OC)c(OC)c(OC)c2)cn1. The van der Waals surface area contributed by atoms with E-state index in [1.54, 1.807) is 53.6 Å². The van der Waals surface area contributed by atoms with Gasteiger partial charge in [0, 0.05) is 11.6 Å². The first-order valence-corrected chi connectivity index (χ1v) is 10.2. The Bertz CT molecular complexity index is 1080. The maximum atomic E-state index is 13.6. The van der Waals surface area contributed by atoms with Crippen LogP contribution in [0.4, 0.5) is 5.69 Å². The zero-order valence-electron chi connectivity index (χ0n) is 18.0. The van der Waals surface area contributed by atoms with Gasteiger partial charge in [0.25, 0.3) is 5.91 Å². The highest BCUT2D eigenvalue weighted by Crippen LogP contribution is 2.39. The number of anilines is 1. The molecule has 1 amide bonds. The van der Waals surface area contributed by atoms with E-state index < -0.39 is 0 Å². The predicted octanol–water partition coefficient (Wildman–Crippen LogP) is 5.27. The van der Waals surface area contributed by atoms with Crippen LogP contribution in [0.3, 0.4) is 0 Å². The molecule has 7 nitrogen and oxygen atoms in total. The topological polar surface area (TPSA) is 70.1 Å². The summed E-state index contributed by atoms with van der Waals surface area (Å²) in [5, 5.41) is 0.834. The molecule has 3 aromatic rings. The molecular formula is C23H22Cl2N2O5. The zero-order chi connectivity index (χ0) is 23.3. The van der Waals surface area contributed by atoms with Crippen LogP contribution in [0.25, 0.3) is 0 Å². The van der Waals surface area contributed by atoms with Gasteiger partial charge in [-0.3, -0.25) is 4.79 Å². The van der Waals surface area contributed by atoms with E-state index in [1.165, 1.54) is 28.4 Å². The van der Waals surface area contributed by atoms with E-state index in [4.69, 9.17) is 42.1 Å². The van der Waals surface area contributed by atoms with Crippen LogP contribution in [0.2, 0.25) is 10.0 Å². The number of hydrogen-bond acceptors (Lipinski definition) is 6. The molecule has 168 valence electrons. The average molecular weight is 477 g/mol. The monoisotopic (exact) mass is 476 g/mol. The number of hydrogen-bond donors (Lipinski definition) is 0. The Hall–Kier alpha value is -3.16. The minimum atomic E-state index is -0.303. The van der Waals surface area contributed by atoms with Gasteiger partial charge >= 0.3 is 0 Å². The minimum absolute atomic E-state index is 0.223. The molecule has 32 heavy (non-hydrogen) atoms. The second-order valence-electron chi connectivity index (χ2n) is 6.61. The molecule has 0 spiro atoms. The number of methoxy groups -OCH3 is 4. The van der Waals surface area contributed by atoms with Crippen LogP contribution < -0.4 is 23.8 Å². The van der Waals surface area contributed by atoms with Crippen molar-refractivity contribution in [1.29, 1.82) is 0 Å². The fourth-order valence-electron chi connectivity index (χ4n) is 3.11. The standard InChI is InChI=1S/C23H22Cl2N2O5/c1-29-19-10-15(11-20(30-2)22(19)32-4)23(28)27(16-6-8-21(31-3)26-12-16)13-14-5-7-17(24)18(25)9-14/h5-12H,13H2,1-4H3. The molecule has 1 heterocycles. The maximum Gasteiger partial charge on any atom is 0.258 e. The lowest BCUT2D eigenvalue weighted by molar-refractivity contribution is 0.0984. The molecule has 0 N–H and O–H groups in total. The van der Waals surface area contributed by atoms with Crippen molar-refractivity contribution in [2.75, 3.05) is 33.3 Å². The zero-order valence-corrected chi connectivity index (χ0v) is 19.5. The minimum Gasteiger partial charge on any atom is -0.493 e. The summed E-state index contributed by atoms with van der Waals surface area (Å²) in [6, 6.07) is 11.8. The van der Waals surface area contributed by atoms with Crippen LogP contribution in [0.1, 0.15) is 15.9 Å². The Morgan fingerprint density at radius 3 is 2.06 bits per heavy atom. The second-order valence-corrected chi connectivity index (χ2v) is 7.43. The first-order valence-electron chi connectivity index (χ1n) is 9.47.